The van der Waals surface area contributed by atoms with E-state index in [0.717, 1.165) is 11.1 Å². The molecule has 0 aliphatic carbocycles. The molecule has 0 N–H and O–H groups in total. The molecule has 0 aliphatic heterocycles. The molecule has 1 aromatic carbocycles. The lowest BCUT2D eigenvalue weighted by molar-refractivity contribution is 0.228. The first kappa shape index (κ1) is 20.2. The third kappa shape index (κ3) is 3.99. The van der Waals surface area contributed by atoms with E-state index in [9.17, 15) is 4.57 Å². The minimum atomic E-state index is -3.52. The van der Waals surface area contributed by atoms with Crippen LogP contribution in [0.4, 0.5) is 0 Å². The second-order valence-corrected chi connectivity index (χ2v) is 10.2. The molecule has 0 fully saturated rings. The van der Waals surface area contributed by atoms with Gasteiger partial charge in [0.15, 0.2) is 5.58 Å². The van der Waals surface area contributed by atoms with Crippen molar-refractivity contribution in [2.45, 2.75) is 66.2 Å². The van der Waals surface area contributed by atoms with Crippen LogP contribution in [0.5, 0.6) is 0 Å². The second-order valence-electron chi connectivity index (χ2n) is 8.24. The highest BCUT2D eigenvalue weighted by atomic mass is 31.2. The van der Waals surface area contributed by atoms with Gasteiger partial charge in [0.2, 0.25) is 5.44 Å². The summed E-state index contributed by atoms with van der Waals surface area (Å²) in [7, 11) is -3.52. The number of hydrogen-bond donors (Lipinski definition) is 0. The molecule has 0 bridgehead atoms. The van der Waals surface area contributed by atoms with Gasteiger partial charge >= 0.3 is 7.60 Å². The van der Waals surface area contributed by atoms with Gasteiger partial charge < -0.3 is 13.6 Å². The largest absolute Gasteiger partial charge is 0.383 e. The van der Waals surface area contributed by atoms with Crippen LogP contribution in [0.1, 0.15) is 66.5 Å². The van der Waals surface area contributed by atoms with Crippen molar-refractivity contribution in [1.29, 1.82) is 0 Å². The summed E-state index contributed by atoms with van der Waals surface area (Å²) in [4.78, 5) is 0. The average molecular weight is 367 g/mol. The van der Waals surface area contributed by atoms with Crippen LogP contribution in [0, 0.1) is 0 Å². The number of nitrogens with zero attached hydrogens (tertiary/aromatic N) is 1. The number of fused-ring (bicyclic) bond motifs is 1. The predicted molar refractivity (Wildman–Crippen MR) is 102 cm³/mol. The summed E-state index contributed by atoms with van der Waals surface area (Å²) in [5, 5.41) is 4.82. The molecule has 2 aromatic rings. The second kappa shape index (κ2) is 6.86. The molecule has 0 saturated carbocycles. The van der Waals surface area contributed by atoms with Gasteiger partial charge in [-0.3, -0.25) is 4.57 Å². The Labute approximate surface area is 150 Å². The van der Waals surface area contributed by atoms with Crippen molar-refractivity contribution in [2.75, 3.05) is 13.2 Å². The lowest BCUT2D eigenvalue weighted by atomic mass is 9.80. The van der Waals surface area contributed by atoms with E-state index in [2.05, 4.69) is 52.8 Å². The van der Waals surface area contributed by atoms with Crippen LogP contribution in [0.15, 0.2) is 16.7 Å². The zero-order valence-corrected chi connectivity index (χ0v) is 17.5. The highest BCUT2D eigenvalue weighted by Gasteiger charge is 2.35. The van der Waals surface area contributed by atoms with Crippen LogP contribution in [-0.2, 0) is 24.4 Å². The Kier molecular flexibility index (Phi) is 5.53. The Morgan fingerprint density at radius 3 is 2.00 bits per heavy atom. The Hall–Kier alpha value is -1.16. The van der Waals surface area contributed by atoms with Crippen molar-refractivity contribution < 1.29 is 18.1 Å². The van der Waals surface area contributed by atoms with Crippen LogP contribution in [0.3, 0.4) is 0 Å². The lowest BCUT2D eigenvalue weighted by Gasteiger charge is -2.25. The molecule has 0 atom stereocenters. The molecule has 0 spiro atoms. The van der Waals surface area contributed by atoms with Crippen LogP contribution in [-0.4, -0.2) is 18.4 Å². The van der Waals surface area contributed by atoms with Crippen molar-refractivity contribution >= 4 is 24.0 Å². The van der Waals surface area contributed by atoms with E-state index >= 15 is 0 Å². The van der Waals surface area contributed by atoms with Crippen molar-refractivity contribution in [1.82, 2.24) is 5.16 Å². The van der Waals surface area contributed by atoms with Gasteiger partial charge in [-0.15, -0.1) is 0 Å². The summed E-state index contributed by atoms with van der Waals surface area (Å²) in [6.45, 7) is 17.0. The maximum atomic E-state index is 13.2. The number of aromatic nitrogens is 1. The maximum Gasteiger partial charge on any atom is 0.383 e. The highest BCUT2D eigenvalue weighted by molar-refractivity contribution is 7.62. The SMILES string of the molecule is CCOP(=O)(OCC)c1noc2c(C(C)(C)C)cc(C(C)(C)C)cc12. The van der Waals surface area contributed by atoms with Gasteiger partial charge in [-0.25, -0.2) is 0 Å². The standard InChI is InChI=1S/C19H30NO4P/c1-9-22-25(21,23-10-2)17-14-11-13(18(3,4)5)12-15(19(6,7)8)16(14)24-20-17/h11-12H,9-10H2,1-8H3. The quantitative estimate of drug-likeness (QED) is 0.670. The van der Waals surface area contributed by atoms with Gasteiger partial charge in [0, 0.05) is 5.56 Å². The van der Waals surface area contributed by atoms with E-state index in [-0.39, 0.29) is 29.5 Å². The van der Waals surface area contributed by atoms with Crippen molar-refractivity contribution in [3.63, 3.8) is 0 Å². The molecule has 5 nitrogen and oxygen atoms in total. The summed E-state index contributed by atoms with van der Waals surface area (Å²) >= 11 is 0. The summed E-state index contributed by atoms with van der Waals surface area (Å²) < 4.78 is 29.8. The number of rotatable bonds is 5. The molecule has 0 aliphatic rings. The topological polar surface area (TPSA) is 61.6 Å². The Morgan fingerprint density at radius 1 is 1.00 bits per heavy atom. The van der Waals surface area contributed by atoms with Crippen LogP contribution < -0.4 is 5.44 Å². The molecule has 1 heterocycles. The van der Waals surface area contributed by atoms with Crippen LogP contribution in [0.25, 0.3) is 11.0 Å². The first-order valence-electron chi connectivity index (χ1n) is 8.78. The fourth-order valence-electron chi connectivity index (χ4n) is 2.72. The first-order chi connectivity index (χ1) is 11.4. The molecule has 0 amide bonds. The van der Waals surface area contributed by atoms with E-state index in [0.29, 0.717) is 11.0 Å². The maximum absolute atomic E-state index is 13.2. The smallest absolute Gasteiger partial charge is 0.355 e. The molecule has 25 heavy (non-hydrogen) atoms. The van der Waals surface area contributed by atoms with E-state index in [4.69, 9.17) is 13.6 Å². The Bertz CT molecular complexity index is 786. The van der Waals surface area contributed by atoms with Crippen molar-refractivity contribution in [2.24, 2.45) is 0 Å². The summed E-state index contributed by atoms with van der Waals surface area (Å²) in [6.07, 6.45) is 0. The van der Waals surface area contributed by atoms with E-state index < -0.39 is 7.60 Å². The summed E-state index contributed by atoms with van der Waals surface area (Å²) in [5.41, 5.74) is 2.88. The van der Waals surface area contributed by atoms with E-state index in [1.165, 1.54) is 0 Å². The van der Waals surface area contributed by atoms with E-state index in [1.54, 1.807) is 13.8 Å². The zero-order chi connectivity index (χ0) is 19.0. The first-order valence-corrected chi connectivity index (χ1v) is 10.3. The van der Waals surface area contributed by atoms with Gasteiger partial charge in [0.1, 0.15) is 0 Å². The van der Waals surface area contributed by atoms with Crippen molar-refractivity contribution in [3.05, 3.63) is 23.3 Å². The van der Waals surface area contributed by atoms with Gasteiger partial charge in [0.25, 0.3) is 0 Å². The minimum Gasteiger partial charge on any atom is -0.355 e. The van der Waals surface area contributed by atoms with Gasteiger partial charge in [-0.2, -0.15) is 0 Å². The van der Waals surface area contributed by atoms with Gasteiger partial charge in [-0.05, 0) is 36.3 Å². The zero-order valence-electron chi connectivity index (χ0n) is 16.6. The molecule has 0 unspecified atom stereocenters. The molecule has 1 aromatic heterocycles. The molecule has 140 valence electrons. The fraction of sp³-hybridized carbons (Fsp3) is 0.632. The molecule has 6 heteroatoms. The predicted octanol–water partition coefficient (Wildman–Crippen LogP) is 5.31. The summed E-state index contributed by atoms with van der Waals surface area (Å²) in [5.74, 6) is 0. The third-order valence-electron chi connectivity index (χ3n) is 4.08. The van der Waals surface area contributed by atoms with E-state index in [1.807, 2.05) is 6.07 Å². The molecular weight excluding hydrogens is 337 g/mol. The number of benzene rings is 1. The Balaban J connectivity index is 2.83. The monoisotopic (exact) mass is 367 g/mol. The third-order valence-corrected chi connectivity index (χ3v) is 6.12. The van der Waals surface area contributed by atoms with Gasteiger partial charge in [-0.1, -0.05) is 52.8 Å². The summed E-state index contributed by atoms with van der Waals surface area (Å²) in [6, 6.07) is 4.16. The lowest BCUT2D eigenvalue weighted by Crippen LogP contribution is -2.18. The Morgan fingerprint density at radius 2 is 1.56 bits per heavy atom. The number of hydrogen-bond acceptors (Lipinski definition) is 5. The van der Waals surface area contributed by atoms with Crippen LogP contribution in [0.2, 0.25) is 0 Å². The molecule has 2 rings (SSSR count). The van der Waals surface area contributed by atoms with Crippen molar-refractivity contribution in [3.8, 4) is 0 Å². The normalized spacial score (nSPS) is 13.6. The highest BCUT2D eigenvalue weighted by Crippen LogP contribution is 2.49. The average Bonchev–Trinajstić information content (AvgIpc) is 2.89. The van der Waals surface area contributed by atoms with Crippen LogP contribution >= 0.6 is 7.60 Å². The van der Waals surface area contributed by atoms with Gasteiger partial charge in [0.05, 0.1) is 18.6 Å². The molecular formula is C19H30NO4P. The molecule has 0 radical (unpaired) electrons. The fourth-order valence-corrected chi connectivity index (χ4v) is 4.32. The minimum absolute atomic E-state index is 0.0655. The molecule has 0 saturated heterocycles.